The summed E-state index contributed by atoms with van der Waals surface area (Å²) in [6, 6.07) is 10.2. The Morgan fingerprint density at radius 2 is 2.00 bits per heavy atom. The maximum absolute atomic E-state index is 5.77. The van der Waals surface area contributed by atoms with Crippen LogP contribution in [0, 0.1) is 0 Å². The molecule has 1 aromatic carbocycles. The molecule has 74 valence electrons. The highest BCUT2D eigenvalue weighted by molar-refractivity contribution is 7.80. The predicted molar refractivity (Wildman–Crippen MR) is 63.1 cm³/mol. The van der Waals surface area contributed by atoms with E-state index in [1.807, 2.05) is 18.2 Å². The van der Waals surface area contributed by atoms with Gasteiger partial charge in [0, 0.05) is 16.6 Å². The SMILES string of the molecule is CC(C)(CS)c1cc2ccccc2o1. The summed E-state index contributed by atoms with van der Waals surface area (Å²) in [6.45, 7) is 4.27. The van der Waals surface area contributed by atoms with E-state index in [1.165, 1.54) is 0 Å². The maximum Gasteiger partial charge on any atom is 0.134 e. The molecule has 0 unspecified atom stereocenters. The van der Waals surface area contributed by atoms with Crippen molar-refractivity contribution in [2.45, 2.75) is 19.3 Å². The maximum atomic E-state index is 5.77. The molecular formula is C12H14OS. The van der Waals surface area contributed by atoms with Crippen LogP contribution in [0.2, 0.25) is 0 Å². The molecule has 2 aromatic rings. The van der Waals surface area contributed by atoms with Gasteiger partial charge in [0.2, 0.25) is 0 Å². The van der Waals surface area contributed by atoms with Gasteiger partial charge in [0.1, 0.15) is 11.3 Å². The summed E-state index contributed by atoms with van der Waals surface area (Å²) in [4.78, 5) is 0. The van der Waals surface area contributed by atoms with Gasteiger partial charge in [0.05, 0.1) is 0 Å². The zero-order chi connectivity index (χ0) is 10.2. The number of hydrogen-bond acceptors (Lipinski definition) is 2. The zero-order valence-corrected chi connectivity index (χ0v) is 9.34. The summed E-state index contributed by atoms with van der Waals surface area (Å²) in [7, 11) is 0. The minimum absolute atomic E-state index is 0.00211. The minimum Gasteiger partial charge on any atom is -0.460 e. The average Bonchev–Trinajstić information content (AvgIpc) is 2.61. The van der Waals surface area contributed by atoms with E-state index in [0.29, 0.717) is 0 Å². The lowest BCUT2D eigenvalue weighted by Crippen LogP contribution is -2.17. The monoisotopic (exact) mass is 206 g/mol. The van der Waals surface area contributed by atoms with Gasteiger partial charge in [-0.15, -0.1) is 0 Å². The first-order valence-corrected chi connectivity index (χ1v) is 5.37. The first-order chi connectivity index (χ1) is 6.63. The van der Waals surface area contributed by atoms with Crippen molar-refractivity contribution < 1.29 is 4.42 Å². The summed E-state index contributed by atoms with van der Waals surface area (Å²) in [6.07, 6.45) is 0. The van der Waals surface area contributed by atoms with Gasteiger partial charge in [-0.05, 0) is 12.1 Å². The molecule has 14 heavy (non-hydrogen) atoms. The number of furan rings is 1. The van der Waals surface area contributed by atoms with Gasteiger partial charge in [-0.3, -0.25) is 0 Å². The second-order valence-corrected chi connectivity index (χ2v) is 4.51. The molecule has 0 saturated heterocycles. The standard InChI is InChI=1S/C12H14OS/c1-12(2,8-14)11-7-9-5-3-4-6-10(9)13-11/h3-7,14H,8H2,1-2H3. The molecular weight excluding hydrogens is 192 g/mol. The summed E-state index contributed by atoms with van der Waals surface area (Å²) in [5, 5.41) is 1.16. The fraction of sp³-hybridized carbons (Fsp3) is 0.333. The molecule has 0 aliphatic carbocycles. The molecule has 1 heterocycles. The number of fused-ring (bicyclic) bond motifs is 1. The first-order valence-electron chi connectivity index (χ1n) is 4.73. The second-order valence-electron chi connectivity index (χ2n) is 4.19. The van der Waals surface area contributed by atoms with Crippen LogP contribution >= 0.6 is 12.6 Å². The third kappa shape index (κ3) is 1.55. The van der Waals surface area contributed by atoms with Crippen LogP contribution in [0.3, 0.4) is 0 Å². The lowest BCUT2D eigenvalue weighted by Gasteiger charge is -2.18. The van der Waals surface area contributed by atoms with E-state index in [1.54, 1.807) is 0 Å². The van der Waals surface area contributed by atoms with E-state index >= 15 is 0 Å². The Labute approximate surface area is 89.5 Å². The normalized spacial score (nSPS) is 12.2. The van der Waals surface area contributed by atoms with Crippen molar-refractivity contribution >= 4 is 23.6 Å². The molecule has 0 saturated carbocycles. The van der Waals surface area contributed by atoms with Crippen molar-refractivity contribution in [1.82, 2.24) is 0 Å². The second kappa shape index (κ2) is 3.35. The van der Waals surface area contributed by atoms with Crippen LogP contribution in [-0.4, -0.2) is 5.75 Å². The van der Waals surface area contributed by atoms with Gasteiger partial charge < -0.3 is 4.42 Å². The molecule has 0 bridgehead atoms. The minimum atomic E-state index is 0.00211. The van der Waals surface area contributed by atoms with E-state index in [4.69, 9.17) is 4.42 Å². The van der Waals surface area contributed by atoms with Crippen LogP contribution < -0.4 is 0 Å². The lowest BCUT2D eigenvalue weighted by molar-refractivity contribution is 0.436. The van der Waals surface area contributed by atoms with Gasteiger partial charge in [-0.2, -0.15) is 12.6 Å². The molecule has 0 atom stereocenters. The Kier molecular flexibility index (Phi) is 2.31. The fourth-order valence-electron chi connectivity index (χ4n) is 1.39. The summed E-state index contributed by atoms with van der Waals surface area (Å²) in [5.74, 6) is 1.79. The summed E-state index contributed by atoms with van der Waals surface area (Å²) < 4.78 is 5.77. The van der Waals surface area contributed by atoms with E-state index in [0.717, 1.165) is 22.5 Å². The molecule has 0 spiro atoms. The quantitative estimate of drug-likeness (QED) is 0.740. The van der Waals surface area contributed by atoms with E-state index in [-0.39, 0.29) is 5.41 Å². The lowest BCUT2D eigenvalue weighted by atomic mass is 9.93. The van der Waals surface area contributed by atoms with Crippen molar-refractivity contribution in [2.24, 2.45) is 0 Å². The fourth-order valence-corrected chi connectivity index (χ4v) is 1.55. The van der Waals surface area contributed by atoms with Crippen molar-refractivity contribution in [3.63, 3.8) is 0 Å². The molecule has 1 aromatic heterocycles. The van der Waals surface area contributed by atoms with Gasteiger partial charge in [0.15, 0.2) is 0 Å². The topological polar surface area (TPSA) is 13.1 Å². The summed E-state index contributed by atoms with van der Waals surface area (Å²) >= 11 is 4.33. The Hall–Kier alpha value is -0.890. The molecule has 2 rings (SSSR count). The van der Waals surface area contributed by atoms with Gasteiger partial charge in [-0.1, -0.05) is 32.0 Å². The molecule has 0 radical (unpaired) electrons. The Balaban J connectivity index is 2.55. The molecule has 1 nitrogen and oxygen atoms in total. The smallest absolute Gasteiger partial charge is 0.134 e. The molecule has 0 fully saturated rings. The molecule has 0 aliphatic heterocycles. The van der Waals surface area contributed by atoms with Crippen molar-refractivity contribution in [3.8, 4) is 0 Å². The van der Waals surface area contributed by atoms with Gasteiger partial charge in [0.25, 0.3) is 0 Å². The number of rotatable bonds is 2. The highest BCUT2D eigenvalue weighted by Crippen LogP contribution is 2.29. The van der Waals surface area contributed by atoms with Crippen molar-refractivity contribution in [3.05, 3.63) is 36.1 Å². The number of benzene rings is 1. The van der Waals surface area contributed by atoms with Crippen LogP contribution in [0.1, 0.15) is 19.6 Å². The van der Waals surface area contributed by atoms with Crippen molar-refractivity contribution in [1.29, 1.82) is 0 Å². The van der Waals surface area contributed by atoms with Crippen LogP contribution in [0.4, 0.5) is 0 Å². The Bertz CT molecular complexity index is 409. The Morgan fingerprint density at radius 1 is 1.29 bits per heavy atom. The van der Waals surface area contributed by atoms with Crippen molar-refractivity contribution in [2.75, 3.05) is 5.75 Å². The van der Waals surface area contributed by atoms with Crippen LogP contribution in [0.5, 0.6) is 0 Å². The van der Waals surface area contributed by atoms with Crippen LogP contribution in [-0.2, 0) is 5.41 Å². The zero-order valence-electron chi connectivity index (χ0n) is 8.45. The highest BCUT2D eigenvalue weighted by Gasteiger charge is 2.22. The summed E-state index contributed by atoms with van der Waals surface area (Å²) in [5.41, 5.74) is 0.958. The Morgan fingerprint density at radius 3 is 2.64 bits per heavy atom. The third-order valence-corrected chi connectivity index (χ3v) is 3.28. The van der Waals surface area contributed by atoms with Crippen LogP contribution in [0.25, 0.3) is 11.0 Å². The van der Waals surface area contributed by atoms with E-state index in [9.17, 15) is 0 Å². The number of hydrogen-bond donors (Lipinski definition) is 1. The largest absolute Gasteiger partial charge is 0.460 e. The number of para-hydroxylation sites is 1. The van der Waals surface area contributed by atoms with Gasteiger partial charge >= 0.3 is 0 Å². The van der Waals surface area contributed by atoms with Crippen LogP contribution in [0.15, 0.2) is 34.7 Å². The number of thiol groups is 1. The van der Waals surface area contributed by atoms with E-state index in [2.05, 4.69) is 38.6 Å². The average molecular weight is 206 g/mol. The van der Waals surface area contributed by atoms with E-state index < -0.39 is 0 Å². The third-order valence-electron chi connectivity index (χ3n) is 2.49. The molecule has 0 amide bonds. The molecule has 2 heteroatoms. The van der Waals surface area contributed by atoms with Gasteiger partial charge in [-0.25, -0.2) is 0 Å². The molecule has 0 aliphatic rings. The highest BCUT2D eigenvalue weighted by atomic mass is 32.1. The molecule has 0 N–H and O–H groups in total. The first kappa shape index (κ1) is 9.66. The predicted octanol–water partition coefficient (Wildman–Crippen LogP) is 3.64.